The molecule has 0 radical (unpaired) electrons. The van der Waals surface area contributed by atoms with E-state index >= 15 is 0 Å². The fourth-order valence-corrected chi connectivity index (χ4v) is 6.37. The van der Waals surface area contributed by atoms with Gasteiger partial charge in [0.25, 0.3) is 0 Å². The Morgan fingerprint density at radius 3 is 2.93 bits per heavy atom. The lowest BCUT2D eigenvalue weighted by Crippen LogP contribution is -2.61. The summed E-state index contributed by atoms with van der Waals surface area (Å²) >= 11 is 0. The van der Waals surface area contributed by atoms with E-state index in [1.807, 2.05) is 12.1 Å². The van der Waals surface area contributed by atoms with Crippen LogP contribution in [0.1, 0.15) is 48.8 Å². The second-order valence-electron chi connectivity index (χ2n) is 8.90. The molecular formula is C24H30N2O. The van der Waals surface area contributed by atoms with E-state index in [1.54, 1.807) is 0 Å². The summed E-state index contributed by atoms with van der Waals surface area (Å²) in [6, 6.07) is 15.2. The number of hydrogen-bond acceptors (Lipinski definition) is 3. The number of nitrogen functional groups attached to an aromatic ring is 1. The first kappa shape index (κ1) is 17.1. The van der Waals surface area contributed by atoms with E-state index in [9.17, 15) is 5.11 Å². The summed E-state index contributed by atoms with van der Waals surface area (Å²) in [6.07, 6.45) is 8.79. The van der Waals surface area contributed by atoms with Crippen molar-refractivity contribution in [3.63, 3.8) is 0 Å². The summed E-state index contributed by atoms with van der Waals surface area (Å²) in [6.45, 7) is 2.30. The zero-order valence-corrected chi connectivity index (χ0v) is 16.0. The van der Waals surface area contributed by atoms with Gasteiger partial charge in [0.15, 0.2) is 0 Å². The smallest absolute Gasteiger partial charge is 0.115 e. The van der Waals surface area contributed by atoms with E-state index in [0.29, 0.717) is 17.2 Å². The maximum atomic E-state index is 10.1. The Balaban J connectivity index is 1.43. The van der Waals surface area contributed by atoms with Gasteiger partial charge in [0, 0.05) is 23.7 Å². The van der Waals surface area contributed by atoms with Crippen LogP contribution < -0.4 is 5.73 Å². The molecule has 3 heteroatoms. The summed E-state index contributed by atoms with van der Waals surface area (Å²) < 4.78 is 0. The molecule has 1 saturated heterocycles. The number of phenolic OH excluding ortho intramolecular Hbond substituents is 1. The monoisotopic (exact) mass is 362 g/mol. The van der Waals surface area contributed by atoms with E-state index in [4.69, 9.17) is 5.73 Å². The number of rotatable bonds is 3. The molecule has 1 saturated carbocycles. The number of hydrogen-bond donors (Lipinski definition) is 2. The van der Waals surface area contributed by atoms with Crippen LogP contribution in [0.15, 0.2) is 42.5 Å². The van der Waals surface area contributed by atoms with Gasteiger partial charge in [0.2, 0.25) is 0 Å². The summed E-state index contributed by atoms with van der Waals surface area (Å²) in [7, 11) is 0. The summed E-state index contributed by atoms with van der Waals surface area (Å²) in [5.74, 6) is 1.19. The second kappa shape index (κ2) is 6.56. The Labute approximate surface area is 162 Å². The molecule has 2 fully saturated rings. The van der Waals surface area contributed by atoms with Gasteiger partial charge in [-0.2, -0.15) is 0 Å². The molecule has 3 nitrogen and oxygen atoms in total. The topological polar surface area (TPSA) is 49.5 Å². The lowest BCUT2D eigenvalue weighted by atomic mass is 9.52. The predicted molar refractivity (Wildman–Crippen MR) is 110 cm³/mol. The lowest BCUT2D eigenvalue weighted by molar-refractivity contribution is -0.0106. The van der Waals surface area contributed by atoms with Gasteiger partial charge >= 0.3 is 0 Å². The minimum absolute atomic E-state index is 0.308. The molecule has 0 unspecified atom stereocenters. The molecule has 1 aliphatic heterocycles. The van der Waals surface area contributed by atoms with Crippen molar-refractivity contribution in [3.8, 4) is 5.75 Å². The molecule has 3 N–H and O–H groups in total. The second-order valence-corrected chi connectivity index (χ2v) is 8.90. The quantitative estimate of drug-likeness (QED) is 0.802. The van der Waals surface area contributed by atoms with Crippen molar-refractivity contribution >= 4 is 5.69 Å². The van der Waals surface area contributed by atoms with Crippen LogP contribution in [0, 0.1) is 5.92 Å². The molecule has 3 atom stereocenters. The highest BCUT2D eigenvalue weighted by Crippen LogP contribution is 2.56. The van der Waals surface area contributed by atoms with E-state index in [0.717, 1.165) is 31.0 Å². The van der Waals surface area contributed by atoms with Crippen molar-refractivity contribution < 1.29 is 5.11 Å². The number of nitrogens with zero attached hydrogens (tertiary/aromatic N) is 1. The van der Waals surface area contributed by atoms with Gasteiger partial charge in [-0.25, -0.2) is 0 Å². The van der Waals surface area contributed by atoms with Crippen LogP contribution in [0.2, 0.25) is 0 Å². The minimum Gasteiger partial charge on any atom is -0.508 e. The number of phenols is 1. The molecule has 2 aliphatic carbocycles. The maximum Gasteiger partial charge on any atom is 0.115 e. The van der Waals surface area contributed by atoms with E-state index in [-0.39, 0.29) is 0 Å². The average molecular weight is 363 g/mol. The number of likely N-dealkylation sites (tertiary alicyclic amines) is 1. The van der Waals surface area contributed by atoms with Gasteiger partial charge in [-0.3, -0.25) is 4.90 Å². The third-order valence-electron chi connectivity index (χ3n) is 7.57. The average Bonchev–Trinajstić information content (AvgIpc) is 2.68. The van der Waals surface area contributed by atoms with Crippen LogP contribution in [0.25, 0.3) is 0 Å². The van der Waals surface area contributed by atoms with Crippen molar-refractivity contribution in [3.05, 3.63) is 59.2 Å². The van der Waals surface area contributed by atoms with Crippen molar-refractivity contribution in [1.82, 2.24) is 4.90 Å². The molecule has 2 aromatic rings. The highest BCUT2D eigenvalue weighted by molar-refractivity contribution is 5.45. The predicted octanol–water partition coefficient (Wildman–Crippen LogP) is 4.28. The fourth-order valence-electron chi connectivity index (χ4n) is 6.37. The fraction of sp³-hybridized carbons (Fsp3) is 0.500. The number of benzene rings is 2. The van der Waals surface area contributed by atoms with Gasteiger partial charge in [-0.05, 0) is 85.5 Å². The Morgan fingerprint density at radius 2 is 2.04 bits per heavy atom. The first-order chi connectivity index (χ1) is 13.2. The molecule has 142 valence electrons. The van der Waals surface area contributed by atoms with Crippen LogP contribution in [0.3, 0.4) is 0 Å². The Morgan fingerprint density at radius 1 is 1.11 bits per heavy atom. The van der Waals surface area contributed by atoms with Gasteiger partial charge < -0.3 is 10.8 Å². The van der Waals surface area contributed by atoms with Gasteiger partial charge in [0.1, 0.15) is 5.75 Å². The Kier molecular flexibility index (Phi) is 4.16. The largest absolute Gasteiger partial charge is 0.508 e. The number of fused-ring (bicyclic) bond motifs is 1. The zero-order chi connectivity index (χ0) is 18.4. The number of piperidine rings is 1. The van der Waals surface area contributed by atoms with Gasteiger partial charge in [-0.1, -0.05) is 31.0 Å². The van der Waals surface area contributed by atoms with Crippen LogP contribution in [-0.2, 0) is 18.3 Å². The Hall–Kier alpha value is -2.00. The molecule has 0 amide bonds. The van der Waals surface area contributed by atoms with Crippen LogP contribution in [0.5, 0.6) is 5.75 Å². The minimum atomic E-state index is 0.308. The molecular weight excluding hydrogens is 332 g/mol. The number of aromatic hydroxyl groups is 1. The van der Waals surface area contributed by atoms with E-state index in [2.05, 4.69) is 35.2 Å². The first-order valence-corrected chi connectivity index (χ1v) is 10.6. The van der Waals surface area contributed by atoms with Crippen molar-refractivity contribution in [2.75, 3.05) is 18.8 Å². The maximum absolute atomic E-state index is 10.1. The molecule has 1 heterocycles. The third-order valence-corrected chi connectivity index (χ3v) is 7.57. The SMILES string of the molecule is Nc1cccc(CCN2CC[C@]34CCCC[C@H]3[C@H]2Cc2ccc(O)cc24)c1. The lowest BCUT2D eigenvalue weighted by Gasteiger charge is -2.59. The van der Waals surface area contributed by atoms with Gasteiger partial charge in [0.05, 0.1) is 0 Å². The number of nitrogens with two attached hydrogens (primary N) is 1. The molecule has 5 rings (SSSR count). The van der Waals surface area contributed by atoms with Crippen LogP contribution in [-0.4, -0.2) is 29.1 Å². The molecule has 0 aromatic heterocycles. The molecule has 2 bridgehead atoms. The van der Waals surface area contributed by atoms with Crippen LogP contribution in [0.4, 0.5) is 5.69 Å². The third kappa shape index (κ3) is 2.84. The summed E-state index contributed by atoms with van der Waals surface area (Å²) in [4.78, 5) is 2.76. The van der Waals surface area contributed by atoms with Crippen molar-refractivity contribution in [1.29, 1.82) is 0 Å². The first-order valence-electron chi connectivity index (χ1n) is 10.6. The van der Waals surface area contributed by atoms with Crippen LogP contribution >= 0.6 is 0 Å². The van der Waals surface area contributed by atoms with Gasteiger partial charge in [-0.15, -0.1) is 0 Å². The van der Waals surface area contributed by atoms with Crippen molar-refractivity contribution in [2.24, 2.45) is 5.92 Å². The molecule has 2 aromatic carbocycles. The molecule has 0 spiro atoms. The van der Waals surface area contributed by atoms with E-state index in [1.165, 1.54) is 55.3 Å². The Bertz CT molecular complexity index is 848. The van der Waals surface area contributed by atoms with Crippen molar-refractivity contribution in [2.45, 2.75) is 56.4 Å². The standard InChI is InChI=1S/C24H30N2O/c25-19-5-3-4-17(14-19)9-12-26-13-11-24-10-2-1-6-21(24)23(26)15-18-7-8-20(27)16-22(18)24/h3-5,7-8,14,16,21,23,27H,1-2,6,9-13,15,25H2/t21-,23+,24+/m0/s1. The zero-order valence-electron chi connectivity index (χ0n) is 16.0. The molecule has 27 heavy (non-hydrogen) atoms. The summed E-state index contributed by atoms with van der Waals surface area (Å²) in [5.41, 5.74) is 11.4. The van der Waals surface area contributed by atoms with E-state index < -0.39 is 0 Å². The normalized spacial score (nSPS) is 29.8. The highest BCUT2D eigenvalue weighted by Gasteiger charge is 2.53. The summed E-state index contributed by atoms with van der Waals surface area (Å²) in [5, 5.41) is 10.1. The highest BCUT2D eigenvalue weighted by atomic mass is 16.3. The molecule has 3 aliphatic rings. The number of anilines is 1.